The Morgan fingerprint density at radius 1 is 0.208 bits per heavy atom. The van der Waals surface area contributed by atoms with Crippen molar-refractivity contribution in [3.8, 4) is 55.6 Å². The lowest BCUT2D eigenvalue weighted by Crippen LogP contribution is -1.95. The summed E-state index contributed by atoms with van der Waals surface area (Å²) >= 11 is 0. The van der Waals surface area contributed by atoms with Gasteiger partial charge in [-0.25, -0.2) is 0 Å². The zero-order chi connectivity index (χ0) is 31.9. The monoisotopic (exact) mass is 608 g/mol. The van der Waals surface area contributed by atoms with Crippen molar-refractivity contribution in [2.24, 2.45) is 0 Å². The Morgan fingerprint density at radius 3 is 1.40 bits per heavy atom. The van der Waals surface area contributed by atoms with Gasteiger partial charge in [0.15, 0.2) is 0 Å². The predicted octanol–water partition coefficient (Wildman–Crippen LogP) is 13.5. The molecule has 0 saturated carbocycles. The summed E-state index contributed by atoms with van der Waals surface area (Å²) in [6, 6.07) is 70.8. The summed E-state index contributed by atoms with van der Waals surface area (Å²) in [5.41, 5.74) is 12.4. The van der Waals surface area contributed by atoms with Crippen LogP contribution in [0.25, 0.3) is 88.0 Å². The molecule has 0 aliphatic rings. The van der Waals surface area contributed by atoms with Crippen LogP contribution in [0.2, 0.25) is 0 Å². The molecule has 9 rings (SSSR count). The van der Waals surface area contributed by atoms with E-state index >= 15 is 0 Å². The van der Waals surface area contributed by atoms with Crippen LogP contribution in [0.1, 0.15) is 0 Å². The SMILES string of the molecule is c1ccc(-c2cccc(-c3c4ccccc4c(-c4cccc(-c5ccc6ccccc6c5)c4-c4ccccc4)c4ccccc34)c2)cc1. The third-order valence-electron chi connectivity index (χ3n) is 9.65. The van der Waals surface area contributed by atoms with Gasteiger partial charge in [-0.05, 0) is 100 Å². The molecule has 9 aromatic carbocycles. The first-order chi connectivity index (χ1) is 23.8. The Labute approximate surface area is 281 Å². The van der Waals surface area contributed by atoms with E-state index in [4.69, 9.17) is 0 Å². The largest absolute Gasteiger partial charge is 0.0622 e. The molecular formula is C48H32. The molecule has 0 spiro atoms. The molecule has 0 radical (unpaired) electrons. The second-order valence-corrected chi connectivity index (χ2v) is 12.4. The standard InChI is InChI=1S/C48H32/c1-3-15-33(16-4-1)37-21-13-22-39(32-37)47-41-23-9-11-25-43(41)48(44-26-12-10-24-42(44)47)45-28-14-27-40(46(45)35-18-5-2-6-19-35)38-30-29-34-17-7-8-20-36(34)31-38/h1-32H. The van der Waals surface area contributed by atoms with Gasteiger partial charge in [0.2, 0.25) is 0 Å². The lowest BCUT2D eigenvalue weighted by Gasteiger charge is -2.22. The molecule has 224 valence electrons. The van der Waals surface area contributed by atoms with Crippen LogP contribution in [0.4, 0.5) is 0 Å². The molecule has 48 heavy (non-hydrogen) atoms. The summed E-state index contributed by atoms with van der Waals surface area (Å²) in [6.07, 6.45) is 0. The van der Waals surface area contributed by atoms with Gasteiger partial charge >= 0.3 is 0 Å². The van der Waals surface area contributed by atoms with Crippen molar-refractivity contribution in [1.82, 2.24) is 0 Å². The van der Waals surface area contributed by atoms with Gasteiger partial charge < -0.3 is 0 Å². The van der Waals surface area contributed by atoms with Crippen molar-refractivity contribution >= 4 is 32.3 Å². The maximum Gasteiger partial charge on any atom is -0.00199 e. The fourth-order valence-corrected chi connectivity index (χ4v) is 7.49. The molecule has 0 aliphatic carbocycles. The van der Waals surface area contributed by atoms with E-state index in [-0.39, 0.29) is 0 Å². The van der Waals surface area contributed by atoms with Crippen molar-refractivity contribution in [3.63, 3.8) is 0 Å². The summed E-state index contributed by atoms with van der Waals surface area (Å²) in [4.78, 5) is 0. The van der Waals surface area contributed by atoms with Gasteiger partial charge in [0.1, 0.15) is 0 Å². The molecule has 0 nitrogen and oxygen atoms in total. The maximum absolute atomic E-state index is 2.35. The molecule has 9 aromatic rings. The first-order valence-corrected chi connectivity index (χ1v) is 16.6. The van der Waals surface area contributed by atoms with E-state index in [1.165, 1.54) is 88.0 Å². The average Bonchev–Trinajstić information content (AvgIpc) is 3.17. The zero-order valence-electron chi connectivity index (χ0n) is 26.5. The van der Waals surface area contributed by atoms with E-state index in [9.17, 15) is 0 Å². The third-order valence-corrected chi connectivity index (χ3v) is 9.65. The second kappa shape index (κ2) is 11.8. The molecule has 0 unspecified atom stereocenters. The minimum atomic E-state index is 1.21. The van der Waals surface area contributed by atoms with E-state index in [2.05, 4.69) is 194 Å². The molecule has 0 saturated heterocycles. The van der Waals surface area contributed by atoms with Crippen molar-refractivity contribution in [2.75, 3.05) is 0 Å². The summed E-state index contributed by atoms with van der Waals surface area (Å²) in [5.74, 6) is 0. The van der Waals surface area contributed by atoms with Crippen LogP contribution in [0, 0.1) is 0 Å². The van der Waals surface area contributed by atoms with Crippen molar-refractivity contribution in [1.29, 1.82) is 0 Å². The highest BCUT2D eigenvalue weighted by Crippen LogP contribution is 2.48. The zero-order valence-corrected chi connectivity index (χ0v) is 26.5. The lowest BCUT2D eigenvalue weighted by molar-refractivity contribution is 1.58. The molecule has 0 atom stereocenters. The Hall–Kier alpha value is -6.24. The summed E-state index contributed by atoms with van der Waals surface area (Å²) < 4.78 is 0. The van der Waals surface area contributed by atoms with Gasteiger partial charge in [-0.15, -0.1) is 0 Å². The highest BCUT2D eigenvalue weighted by Gasteiger charge is 2.21. The number of hydrogen-bond acceptors (Lipinski definition) is 0. The van der Waals surface area contributed by atoms with Crippen LogP contribution >= 0.6 is 0 Å². The molecule has 0 N–H and O–H groups in total. The molecule has 0 aromatic heterocycles. The molecule has 0 heteroatoms. The van der Waals surface area contributed by atoms with E-state index in [1.54, 1.807) is 0 Å². The van der Waals surface area contributed by atoms with E-state index in [0.717, 1.165) is 0 Å². The fourth-order valence-electron chi connectivity index (χ4n) is 7.49. The summed E-state index contributed by atoms with van der Waals surface area (Å²) in [5, 5.41) is 7.52. The highest BCUT2D eigenvalue weighted by atomic mass is 14.2. The summed E-state index contributed by atoms with van der Waals surface area (Å²) in [6.45, 7) is 0. The van der Waals surface area contributed by atoms with Crippen molar-refractivity contribution in [2.45, 2.75) is 0 Å². The normalized spacial score (nSPS) is 11.3. The van der Waals surface area contributed by atoms with Gasteiger partial charge in [-0.1, -0.05) is 182 Å². The van der Waals surface area contributed by atoms with Gasteiger partial charge in [0.25, 0.3) is 0 Å². The lowest BCUT2D eigenvalue weighted by atomic mass is 9.81. The Bertz CT molecular complexity index is 2540. The first kappa shape index (κ1) is 28.0. The van der Waals surface area contributed by atoms with Crippen molar-refractivity contribution in [3.05, 3.63) is 194 Å². The van der Waals surface area contributed by atoms with Crippen LogP contribution in [0.5, 0.6) is 0 Å². The number of hydrogen-bond donors (Lipinski definition) is 0. The minimum Gasteiger partial charge on any atom is -0.0622 e. The van der Waals surface area contributed by atoms with Gasteiger partial charge in [0.05, 0.1) is 0 Å². The number of rotatable bonds is 5. The van der Waals surface area contributed by atoms with Crippen molar-refractivity contribution < 1.29 is 0 Å². The van der Waals surface area contributed by atoms with Gasteiger partial charge in [0, 0.05) is 0 Å². The molecular weight excluding hydrogens is 577 g/mol. The van der Waals surface area contributed by atoms with Gasteiger partial charge in [-0.3, -0.25) is 0 Å². The predicted molar refractivity (Wildman–Crippen MR) is 206 cm³/mol. The topological polar surface area (TPSA) is 0 Å². The third kappa shape index (κ3) is 4.78. The fraction of sp³-hybridized carbons (Fsp3) is 0. The van der Waals surface area contributed by atoms with E-state index in [0.29, 0.717) is 0 Å². The quantitative estimate of drug-likeness (QED) is 0.171. The van der Waals surface area contributed by atoms with E-state index < -0.39 is 0 Å². The van der Waals surface area contributed by atoms with Crippen LogP contribution in [0.15, 0.2) is 194 Å². The minimum absolute atomic E-state index is 1.21. The maximum atomic E-state index is 2.35. The van der Waals surface area contributed by atoms with Crippen LogP contribution in [-0.4, -0.2) is 0 Å². The number of benzene rings is 9. The second-order valence-electron chi connectivity index (χ2n) is 12.4. The van der Waals surface area contributed by atoms with Crippen LogP contribution in [0.3, 0.4) is 0 Å². The average molecular weight is 609 g/mol. The first-order valence-electron chi connectivity index (χ1n) is 16.6. The molecule has 0 aliphatic heterocycles. The Balaban J connectivity index is 1.36. The van der Waals surface area contributed by atoms with Crippen LogP contribution in [-0.2, 0) is 0 Å². The van der Waals surface area contributed by atoms with E-state index in [1.807, 2.05) is 0 Å². The highest BCUT2D eigenvalue weighted by molar-refractivity contribution is 6.23. The van der Waals surface area contributed by atoms with Crippen LogP contribution < -0.4 is 0 Å². The molecule has 0 amide bonds. The Morgan fingerprint density at radius 2 is 0.708 bits per heavy atom. The summed E-state index contributed by atoms with van der Waals surface area (Å²) in [7, 11) is 0. The molecule has 0 heterocycles. The Kier molecular flexibility index (Phi) is 6.91. The molecule has 0 fully saturated rings. The molecule has 0 bridgehead atoms. The van der Waals surface area contributed by atoms with Gasteiger partial charge in [-0.2, -0.15) is 0 Å². The number of fused-ring (bicyclic) bond motifs is 3. The smallest absolute Gasteiger partial charge is 0.00199 e.